The largest absolute Gasteiger partial charge is 0.343 e. The van der Waals surface area contributed by atoms with Gasteiger partial charge < -0.3 is 14.8 Å². The van der Waals surface area contributed by atoms with Crippen molar-refractivity contribution in [1.82, 2.24) is 5.32 Å². The van der Waals surface area contributed by atoms with Crippen molar-refractivity contribution in [3.05, 3.63) is 35.9 Å². The molecular formula is C15H21NO2. The van der Waals surface area contributed by atoms with Gasteiger partial charge in [0.25, 0.3) is 0 Å². The van der Waals surface area contributed by atoms with E-state index in [1.54, 1.807) is 0 Å². The first-order valence-corrected chi connectivity index (χ1v) is 6.93. The molecule has 0 bridgehead atoms. The van der Waals surface area contributed by atoms with Crippen LogP contribution in [-0.2, 0) is 15.3 Å². The van der Waals surface area contributed by atoms with Crippen LogP contribution in [0.1, 0.15) is 24.8 Å². The summed E-state index contributed by atoms with van der Waals surface area (Å²) < 4.78 is 12.0. The number of piperidine rings is 1. The van der Waals surface area contributed by atoms with Gasteiger partial charge >= 0.3 is 0 Å². The van der Waals surface area contributed by atoms with Crippen molar-refractivity contribution in [2.24, 2.45) is 5.92 Å². The molecule has 98 valence electrons. The Balaban J connectivity index is 1.78. The molecule has 1 aromatic carbocycles. The molecule has 3 heteroatoms. The average Bonchev–Trinajstić information content (AvgIpc) is 2.91. The highest BCUT2D eigenvalue weighted by Gasteiger charge is 2.40. The molecule has 2 fully saturated rings. The van der Waals surface area contributed by atoms with Gasteiger partial charge in [-0.2, -0.15) is 0 Å². The molecule has 0 radical (unpaired) electrons. The molecule has 1 N–H and O–H groups in total. The molecule has 2 aliphatic rings. The zero-order chi connectivity index (χ0) is 12.3. The van der Waals surface area contributed by atoms with Gasteiger partial charge in [0.15, 0.2) is 5.79 Å². The van der Waals surface area contributed by atoms with Gasteiger partial charge in [-0.15, -0.1) is 0 Å². The molecule has 3 rings (SSSR count). The summed E-state index contributed by atoms with van der Waals surface area (Å²) >= 11 is 0. The number of benzene rings is 1. The quantitative estimate of drug-likeness (QED) is 0.889. The Bertz CT molecular complexity index is 367. The van der Waals surface area contributed by atoms with E-state index in [2.05, 4.69) is 29.6 Å². The van der Waals surface area contributed by atoms with E-state index < -0.39 is 5.79 Å². The summed E-state index contributed by atoms with van der Waals surface area (Å²) in [5.74, 6) is 0.216. The second-order valence-electron chi connectivity index (χ2n) is 5.21. The van der Waals surface area contributed by atoms with Crippen molar-refractivity contribution in [3.8, 4) is 0 Å². The van der Waals surface area contributed by atoms with Gasteiger partial charge in [-0.1, -0.05) is 30.3 Å². The maximum atomic E-state index is 5.99. The SMILES string of the molecule is c1ccc(C2(CC3CCNCC3)OCCO2)cc1. The van der Waals surface area contributed by atoms with Gasteiger partial charge in [-0.3, -0.25) is 0 Å². The van der Waals surface area contributed by atoms with Crippen LogP contribution in [0.3, 0.4) is 0 Å². The molecule has 0 unspecified atom stereocenters. The van der Waals surface area contributed by atoms with Crippen molar-refractivity contribution >= 4 is 0 Å². The van der Waals surface area contributed by atoms with Crippen molar-refractivity contribution < 1.29 is 9.47 Å². The van der Waals surface area contributed by atoms with E-state index in [9.17, 15) is 0 Å². The molecule has 0 atom stereocenters. The first-order chi connectivity index (χ1) is 8.89. The Labute approximate surface area is 108 Å². The van der Waals surface area contributed by atoms with Crippen LogP contribution in [0.15, 0.2) is 30.3 Å². The molecule has 2 saturated heterocycles. The Morgan fingerprint density at radius 1 is 1.06 bits per heavy atom. The maximum Gasteiger partial charge on any atom is 0.195 e. The second kappa shape index (κ2) is 5.39. The Hall–Kier alpha value is -0.900. The smallest absolute Gasteiger partial charge is 0.195 e. The summed E-state index contributed by atoms with van der Waals surface area (Å²) in [6.07, 6.45) is 3.43. The third kappa shape index (κ3) is 2.44. The standard InChI is InChI=1S/C15H21NO2/c1-2-4-14(5-3-1)15(17-10-11-18-15)12-13-6-8-16-9-7-13/h1-5,13,16H,6-12H2. The normalized spacial score (nSPS) is 24.2. The van der Waals surface area contributed by atoms with Crippen molar-refractivity contribution in [3.63, 3.8) is 0 Å². The minimum atomic E-state index is -0.483. The number of nitrogens with one attached hydrogen (secondary N) is 1. The van der Waals surface area contributed by atoms with Crippen molar-refractivity contribution in [2.75, 3.05) is 26.3 Å². The lowest BCUT2D eigenvalue weighted by atomic mass is 9.87. The third-order valence-corrected chi connectivity index (χ3v) is 3.98. The monoisotopic (exact) mass is 247 g/mol. The van der Waals surface area contributed by atoms with Crippen molar-refractivity contribution in [2.45, 2.75) is 25.0 Å². The van der Waals surface area contributed by atoms with Crippen LogP contribution in [-0.4, -0.2) is 26.3 Å². The summed E-state index contributed by atoms with van der Waals surface area (Å²) in [5, 5.41) is 3.41. The highest BCUT2D eigenvalue weighted by Crippen LogP contribution is 2.39. The van der Waals surface area contributed by atoms with Gasteiger partial charge in [-0.05, 0) is 31.8 Å². The molecule has 2 heterocycles. The van der Waals surface area contributed by atoms with E-state index in [1.807, 2.05) is 6.07 Å². The lowest BCUT2D eigenvalue weighted by Crippen LogP contribution is -2.35. The fourth-order valence-corrected chi connectivity index (χ4v) is 3.02. The molecule has 0 spiro atoms. The number of ether oxygens (including phenoxy) is 2. The molecule has 1 aromatic rings. The van der Waals surface area contributed by atoms with E-state index in [4.69, 9.17) is 9.47 Å². The van der Waals surface area contributed by atoms with Crippen LogP contribution in [0, 0.1) is 5.92 Å². The van der Waals surface area contributed by atoms with Crippen molar-refractivity contribution in [1.29, 1.82) is 0 Å². The predicted octanol–water partition coefficient (Wildman–Crippen LogP) is 2.28. The Morgan fingerprint density at radius 3 is 2.39 bits per heavy atom. The van der Waals surface area contributed by atoms with Crippen LogP contribution < -0.4 is 5.32 Å². The van der Waals surface area contributed by atoms with Crippen LogP contribution in [0.25, 0.3) is 0 Å². The summed E-state index contributed by atoms with van der Waals surface area (Å²) in [6.45, 7) is 3.66. The summed E-state index contributed by atoms with van der Waals surface area (Å²) in [5.41, 5.74) is 1.17. The van der Waals surface area contributed by atoms with Gasteiger partial charge in [0.2, 0.25) is 0 Å². The zero-order valence-corrected chi connectivity index (χ0v) is 10.7. The first kappa shape index (κ1) is 12.2. The topological polar surface area (TPSA) is 30.5 Å². The van der Waals surface area contributed by atoms with Crippen LogP contribution in [0.2, 0.25) is 0 Å². The maximum absolute atomic E-state index is 5.99. The van der Waals surface area contributed by atoms with Crippen LogP contribution in [0.4, 0.5) is 0 Å². The van der Waals surface area contributed by atoms with Crippen LogP contribution >= 0.6 is 0 Å². The van der Waals surface area contributed by atoms with E-state index in [0.29, 0.717) is 19.1 Å². The molecule has 0 saturated carbocycles. The van der Waals surface area contributed by atoms with E-state index in [-0.39, 0.29) is 0 Å². The number of hydrogen-bond donors (Lipinski definition) is 1. The van der Waals surface area contributed by atoms with Crippen LogP contribution in [0.5, 0.6) is 0 Å². The van der Waals surface area contributed by atoms with Gasteiger partial charge in [-0.25, -0.2) is 0 Å². The van der Waals surface area contributed by atoms with Gasteiger partial charge in [0.1, 0.15) is 0 Å². The molecular weight excluding hydrogens is 226 g/mol. The summed E-state index contributed by atoms with van der Waals surface area (Å²) in [4.78, 5) is 0. The summed E-state index contributed by atoms with van der Waals surface area (Å²) in [6, 6.07) is 10.4. The van der Waals surface area contributed by atoms with Gasteiger partial charge in [0, 0.05) is 12.0 Å². The van der Waals surface area contributed by atoms with E-state index >= 15 is 0 Å². The molecule has 2 aliphatic heterocycles. The Kier molecular flexibility index (Phi) is 3.64. The number of rotatable bonds is 3. The fourth-order valence-electron chi connectivity index (χ4n) is 3.02. The predicted molar refractivity (Wildman–Crippen MR) is 70.2 cm³/mol. The minimum Gasteiger partial charge on any atom is -0.343 e. The molecule has 3 nitrogen and oxygen atoms in total. The summed E-state index contributed by atoms with van der Waals surface area (Å²) in [7, 11) is 0. The van der Waals surface area contributed by atoms with E-state index in [0.717, 1.165) is 19.5 Å². The van der Waals surface area contributed by atoms with Gasteiger partial charge in [0.05, 0.1) is 13.2 Å². The minimum absolute atomic E-state index is 0.483. The Morgan fingerprint density at radius 2 is 1.72 bits per heavy atom. The lowest BCUT2D eigenvalue weighted by molar-refractivity contribution is -0.180. The second-order valence-corrected chi connectivity index (χ2v) is 5.21. The molecule has 0 aromatic heterocycles. The zero-order valence-electron chi connectivity index (χ0n) is 10.7. The molecule has 0 aliphatic carbocycles. The molecule has 0 amide bonds. The molecule has 18 heavy (non-hydrogen) atoms. The number of hydrogen-bond acceptors (Lipinski definition) is 3. The third-order valence-electron chi connectivity index (χ3n) is 3.98. The average molecular weight is 247 g/mol. The highest BCUT2D eigenvalue weighted by atomic mass is 16.7. The lowest BCUT2D eigenvalue weighted by Gasteiger charge is -2.33. The fraction of sp³-hybridized carbons (Fsp3) is 0.600. The highest BCUT2D eigenvalue weighted by molar-refractivity contribution is 5.21. The van der Waals surface area contributed by atoms with E-state index in [1.165, 1.54) is 18.4 Å². The first-order valence-electron chi connectivity index (χ1n) is 6.93.